The molecule has 0 aliphatic rings. The lowest BCUT2D eigenvalue weighted by molar-refractivity contribution is 0.468. The average Bonchev–Trinajstić information content (AvgIpc) is 2.35. The van der Waals surface area contributed by atoms with Gasteiger partial charge >= 0.3 is 0 Å². The second-order valence-corrected chi connectivity index (χ2v) is 6.15. The Kier molecular flexibility index (Phi) is 7.21. The molecule has 0 aromatic heterocycles. The number of phenolic OH excluding ortho intramolecular Hbond substituents is 1. The standard InChI is InChI=1S/C15H25NOS/c1-4-18-11-13(3)16-12(2)5-6-14-7-9-15(17)10-8-14/h7-10,12-13,16-17H,4-6,11H2,1-3H3. The van der Waals surface area contributed by atoms with Gasteiger partial charge in [-0.05, 0) is 50.1 Å². The average molecular weight is 267 g/mol. The zero-order valence-electron chi connectivity index (χ0n) is 11.6. The number of phenols is 1. The summed E-state index contributed by atoms with van der Waals surface area (Å²) < 4.78 is 0. The third-order valence-corrected chi connectivity index (χ3v) is 4.09. The van der Waals surface area contributed by atoms with Gasteiger partial charge in [0.15, 0.2) is 0 Å². The molecule has 3 heteroatoms. The Morgan fingerprint density at radius 1 is 1.17 bits per heavy atom. The lowest BCUT2D eigenvalue weighted by atomic mass is 10.1. The van der Waals surface area contributed by atoms with Crippen LogP contribution in [-0.4, -0.2) is 28.7 Å². The summed E-state index contributed by atoms with van der Waals surface area (Å²) >= 11 is 1.98. The number of thioether (sulfide) groups is 1. The Balaban J connectivity index is 2.24. The highest BCUT2D eigenvalue weighted by Crippen LogP contribution is 2.12. The van der Waals surface area contributed by atoms with Gasteiger partial charge in [0, 0.05) is 17.8 Å². The van der Waals surface area contributed by atoms with Crippen LogP contribution in [0.25, 0.3) is 0 Å². The monoisotopic (exact) mass is 267 g/mol. The largest absolute Gasteiger partial charge is 0.508 e. The zero-order valence-corrected chi connectivity index (χ0v) is 12.5. The molecule has 0 fully saturated rings. The molecular formula is C15H25NOS. The third-order valence-electron chi connectivity index (χ3n) is 2.94. The van der Waals surface area contributed by atoms with Crippen LogP contribution in [0.2, 0.25) is 0 Å². The number of rotatable bonds is 8. The van der Waals surface area contributed by atoms with E-state index < -0.39 is 0 Å². The van der Waals surface area contributed by atoms with Crippen LogP contribution in [0.4, 0.5) is 0 Å². The Hall–Kier alpha value is -0.670. The SMILES string of the molecule is CCSCC(C)NC(C)CCc1ccc(O)cc1. The molecule has 0 radical (unpaired) electrons. The van der Waals surface area contributed by atoms with E-state index >= 15 is 0 Å². The number of nitrogens with one attached hydrogen (secondary N) is 1. The minimum Gasteiger partial charge on any atom is -0.508 e. The van der Waals surface area contributed by atoms with Crippen molar-refractivity contribution in [2.45, 2.75) is 45.7 Å². The topological polar surface area (TPSA) is 32.3 Å². The Labute approximate surface area is 115 Å². The van der Waals surface area contributed by atoms with Gasteiger partial charge in [0.25, 0.3) is 0 Å². The highest BCUT2D eigenvalue weighted by molar-refractivity contribution is 7.99. The van der Waals surface area contributed by atoms with Gasteiger partial charge in [-0.15, -0.1) is 0 Å². The van der Waals surface area contributed by atoms with Crippen LogP contribution in [-0.2, 0) is 6.42 Å². The molecule has 0 aliphatic carbocycles. The van der Waals surface area contributed by atoms with Gasteiger partial charge in [0.2, 0.25) is 0 Å². The molecule has 0 heterocycles. The van der Waals surface area contributed by atoms with Crippen LogP contribution in [0.15, 0.2) is 24.3 Å². The molecule has 18 heavy (non-hydrogen) atoms. The van der Waals surface area contributed by atoms with Gasteiger partial charge < -0.3 is 10.4 Å². The van der Waals surface area contributed by atoms with Crippen molar-refractivity contribution in [2.75, 3.05) is 11.5 Å². The lowest BCUT2D eigenvalue weighted by Gasteiger charge is -2.19. The molecule has 2 nitrogen and oxygen atoms in total. The van der Waals surface area contributed by atoms with E-state index in [-0.39, 0.29) is 0 Å². The predicted octanol–water partition coefficient (Wildman–Crippen LogP) is 3.44. The van der Waals surface area contributed by atoms with Crippen molar-refractivity contribution in [3.8, 4) is 5.75 Å². The molecule has 0 amide bonds. The molecule has 1 aromatic carbocycles. The van der Waals surface area contributed by atoms with Crippen LogP contribution in [0.1, 0.15) is 32.8 Å². The van der Waals surface area contributed by atoms with E-state index in [2.05, 4.69) is 26.1 Å². The first kappa shape index (κ1) is 15.4. The Morgan fingerprint density at radius 3 is 2.44 bits per heavy atom. The number of aromatic hydroxyl groups is 1. The van der Waals surface area contributed by atoms with Crippen molar-refractivity contribution >= 4 is 11.8 Å². The Bertz CT molecular complexity index is 326. The third kappa shape index (κ3) is 6.31. The molecule has 2 N–H and O–H groups in total. The molecule has 0 aliphatic heterocycles. The molecule has 1 rings (SSSR count). The van der Waals surface area contributed by atoms with Crippen molar-refractivity contribution < 1.29 is 5.11 Å². The maximum Gasteiger partial charge on any atom is 0.115 e. The van der Waals surface area contributed by atoms with Crippen molar-refractivity contribution in [1.29, 1.82) is 0 Å². The summed E-state index contributed by atoms with van der Waals surface area (Å²) in [6.45, 7) is 6.69. The van der Waals surface area contributed by atoms with Gasteiger partial charge in [-0.3, -0.25) is 0 Å². The quantitative estimate of drug-likeness (QED) is 0.756. The summed E-state index contributed by atoms with van der Waals surface area (Å²) in [5.74, 6) is 2.71. The molecular weight excluding hydrogens is 242 g/mol. The van der Waals surface area contributed by atoms with Gasteiger partial charge in [0.05, 0.1) is 0 Å². The molecule has 102 valence electrons. The summed E-state index contributed by atoms with van der Waals surface area (Å²) in [7, 11) is 0. The van der Waals surface area contributed by atoms with Crippen molar-refractivity contribution in [3.63, 3.8) is 0 Å². The Morgan fingerprint density at radius 2 is 1.83 bits per heavy atom. The first-order valence-corrected chi connectivity index (χ1v) is 7.89. The molecule has 0 saturated heterocycles. The maximum absolute atomic E-state index is 9.22. The first-order chi connectivity index (χ1) is 8.61. The molecule has 0 spiro atoms. The van der Waals surface area contributed by atoms with Gasteiger partial charge in [-0.1, -0.05) is 19.1 Å². The van der Waals surface area contributed by atoms with Gasteiger partial charge in [-0.25, -0.2) is 0 Å². The molecule has 2 unspecified atom stereocenters. The number of benzene rings is 1. The lowest BCUT2D eigenvalue weighted by Crippen LogP contribution is -2.36. The van der Waals surface area contributed by atoms with Crippen LogP contribution < -0.4 is 5.32 Å². The smallest absolute Gasteiger partial charge is 0.115 e. The van der Waals surface area contributed by atoms with E-state index in [0.29, 0.717) is 17.8 Å². The number of hydrogen-bond acceptors (Lipinski definition) is 3. The predicted molar refractivity (Wildman–Crippen MR) is 81.5 cm³/mol. The fourth-order valence-electron chi connectivity index (χ4n) is 1.96. The van der Waals surface area contributed by atoms with Gasteiger partial charge in [0.1, 0.15) is 5.75 Å². The van der Waals surface area contributed by atoms with Crippen LogP contribution in [0.3, 0.4) is 0 Å². The highest BCUT2D eigenvalue weighted by atomic mass is 32.2. The number of hydrogen-bond donors (Lipinski definition) is 2. The second kappa shape index (κ2) is 8.44. The highest BCUT2D eigenvalue weighted by Gasteiger charge is 2.07. The summed E-state index contributed by atoms with van der Waals surface area (Å²) in [6, 6.07) is 8.62. The molecule has 2 atom stereocenters. The van der Waals surface area contributed by atoms with E-state index in [9.17, 15) is 5.11 Å². The normalized spacial score (nSPS) is 14.4. The second-order valence-electron chi connectivity index (χ2n) is 4.83. The van der Waals surface area contributed by atoms with Crippen molar-refractivity contribution in [1.82, 2.24) is 5.32 Å². The van der Waals surface area contributed by atoms with Crippen LogP contribution in [0.5, 0.6) is 5.75 Å². The fourth-order valence-corrected chi connectivity index (χ4v) is 2.64. The summed E-state index contributed by atoms with van der Waals surface area (Å²) in [4.78, 5) is 0. The maximum atomic E-state index is 9.22. The van der Waals surface area contributed by atoms with Crippen LogP contribution >= 0.6 is 11.8 Å². The zero-order chi connectivity index (χ0) is 13.4. The molecule has 0 saturated carbocycles. The summed E-state index contributed by atoms with van der Waals surface area (Å²) in [5, 5.41) is 12.8. The van der Waals surface area contributed by atoms with E-state index in [0.717, 1.165) is 12.8 Å². The minimum absolute atomic E-state index is 0.343. The summed E-state index contributed by atoms with van der Waals surface area (Å²) in [6.07, 6.45) is 2.19. The van der Waals surface area contributed by atoms with Crippen molar-refractivity contribution in [2.24, 2.45) is 0 Å². The van der Waals surface area contributed by atoms with E-state index in [4.69, 9.17) is 0 Å². The van der Waals surface area contributed by atoms with E-state index in [1.54, 1.807) is 12.1 Å². The fraction of sp³-hybridized carbons (Fsp3) is 0.600. The number of aryl methyl sites for hydroxylation is 1. The summed E-state index contributed by atoms with van der Waals surface area (Å²) in [5.41, 5.74) is 1.29. The molecule has 1 aromatic rings. The van der Waals surface area contributed by atoms with Crippen molar-refractivity contribution in [3.05, 3.63) is 29.8 Å². The first-order valence-electron chi connectivity index (χ1n) is 6.73. The van der Waals surface area contributed by atoms with E-state index in [1.165, 1.54) is 17.1 Å². The van der Waals surface area contributed by atoms with Crippen LogP contribution in [0, 0.1) is 0 Å². The van der Waals surface area contributed by atoms with E-state index in [1.807, 2.05) is 23.9 Å². The van der Waals surface area contributed by atoms with Gasteiger partial charge in [-0.2, -0.15) is 11.8 Å². The minimum atomic E-state index is 0.343. The molecule has 0 bridgehead atoms.